The first-order valence-electron chi connectivity index (χ1n) is 9.46. The fourth-order valence-electron chi connectivity index (χ4n) is 2.54. The van der Waals surface area contributed by atoms with Crippen molar-refractivity contribution in [3.63, 3.8) is 0 Å². The smallest absolute Gasteiger partial charge is 0.416 e. The van der Waals surface area contributed by atoms with Crippen molar-refractivity contribution in [2.45, 2.75) is 104 Å². The first-order chi connectivity index (χ1) is 10.6. The summed E-state index contributed by atoms with van der Waals surface area (Å²) in [5, 5.41) is 0. The van der Waals surface area contributed by atoms with Gasteiger partial charge in [0.25, 0.3) is 0 Å². The maximum absolute atomic E-state index is 6.71. The van der Waals surface area contributed by atoms with Crippen LogP contribution in [0.15, 0.2) is 0 Å². The van der Waals surface area contributed by atoms with Gasteiger partial charge in [0.2, 0.25) is 0 Å². The van der Waals surface area contributed by atoms with Gasteiger partial charge < -0.3 is 18.1 Å². The monoisotopic (exact) mass is 409 g/mol. The van der Waals surface area contributed by atoms with Crippen LogP contribution in [0, 0.1) is 0 Å². The van der Waals surface area contributed by atoms with Crippen molar-refractivity contribution in [1.82, 2.24) is 0 Å². The molecule has 1 atom stereocenters. The molecular weight excluding hydrogens is 367 g/mol. The van der Waals surface area contributed by atoms with Crippen molar-refractivity contribution < 1.29 is 12.3 Å². The lowest BCUT2D eigenvalue weighted by Gasteiger charge is -2.45. The third-order valence-electron chi connectivity index (χ3n) is 3.17. The molecule has 0 aromatic rings. The molecule has 0 aliphatic heterocycles. The largest absolute Gasteiger partial charge is 0.487 e. The highest BCUT2D eigenvalue weighted by Crippen LogP contribution is 2.29. The van der Waals surface area contributed by atoms with Crippen LogP contribution >= 0.6 is 0 Å². The summed E-state index contributed by atoms with van der Waals surface area (Å²) in [6, 6.07) is 0. The molecule has 146 valence electrons. The van der Waals surface area contributed by atoms with Crippen LogP contribution in [-0.2, 0) is 12.3 Å². The SMILES string of the molecule is CCCCCCC(N)[Si](O[Si](C)(C)C)(O[Si](C)(C)C)O[Si](C)(C)C. The quantitative estimate of drug-likeness (QED) is 0.350. The Balaban J connectivity index is 5.52. The molecule has 0 spiro atoms. The molecule has 0 aliphatic carbocycles. The molecule has 2 N–H and O–H groups in total. The van der Waals surface area contributed by atoms with Crippen LogP contribution in [0.5, 0.6) is 0 Å². The predicted molar refractivity (Wildman–Crippen MR) is 116 cm³/mol. The zero-order valence-electron chi connectivity index (χ0n) is 17.9. The molecule has 8 heteroatoms. The van der Waals surface area contributed by atoms with Gasteiger partial charge >= 0.3 is 8.80 Å². The minimum absolute atomic E-state index is 0.112. The number of rotatable bonds is 12. The van der Waals surface area contributed by atoms with E-state index in [0.717, 1.165) is 12.8 Å². The summed E-state index contributed by atoms with van der Waals surface area (Å²) in [6.07, 6.45) is 5.79. The molecule has 0 aromatic heterocycles. The van der Waals surface area contributed by atoms with E-state index in [-0.39, 0.29) is 5.67 Å². The summed E-state index contributed by atoms with van der Waals surface area (Å²) in [5.41, 5.74) is 6.60. The maximum atomic E-state index is 6.71. The second kappa shape index (κ2) is 9.59. The Morgan fingerprint density at radius 2 is 1.04 bits per heavy atom. The highest BCUT2D eigenvalue weighted by Gasteiger charge is 2.54. The summed E-state index contributed by atoms with van der Waals surface area (Å²) < 4.78 is 20.0. The van der Waals surface area contributed by atoms with Gasteiger partial charge in [-0.25, -0.2) is 0 Å². The lowest BCUT2D eigenvalue weighted by molar-refractivity contribution is 0.232. The van der Waals surface area contributed by atoms with Gasteiger partial charge in [-0.05, 0) is 65.3 Å². The zero-order valence-corrected chi connectivity index (χ0v) is 21.9. The average Bonchev–Trinajstić information content (AvgIpc) is 2.27. The van der Waals surface area contributed by atoms with Crippen LogP contribution in [0.25, 0.3) is 0 Å². The van der Waals surface area contributed by atoms with Crippen molar-refractivity contribution in [3.05, 3.63) is 0 Å². The Hall–Kier alpha value is 0.708. The van der Waals surface area contributed by atoms with E-state index in [1.165, 1.54) is 19.3 Å². The van der Waals surface area contributed by atoms with Crippen molar-refractivity contribution in [2.75, 3.05) is 0 Å². The lowest BCUT2D eigenvalue weighted by Crippen LogP contribution is -2.69. The third kappa shape index (κ3) is 11.3. The predicted octanol–water partition coefficient (Wildman–Crippen LogP) is 5.32. The van der Waals surface area contributed by atoms with Gasteiger partial charge in [0.15, 0.2) is 25.0 Å². The molecule has 0 aromatic carbocycles. The highest BCUT2D eigenvalue weighted by molar-refractivity contribution is 6.90. The van der Waals surface area contributed by atoms with Crippen molar-refractivity contribution in [3.8, 4) is 0 Å². The van der Waals surface area contributed by atoms with E-state index in [1.54, 1.807) is 0 Å². The van der Waals surface area contributed by atoms with Gasteiger partial charge in [-0.15, -0.1) is 0 Å². The molecule has 1 unspecified atom stereocenters. The normalized spacial score (nSPS) is 15.6. The van der Waals surface area contributed by atoms with E-state index >= 15 is 0 Å². The van der Waals surface area contributed by atoms with E-state index in [9.17, 15) is 0 Å². The Labute approximate surface area is 155 Å². The van der Waals surface area contributed by atoms with Crippen molar-refractivity contribution in [1.29, 1.82) is 0 Å². The number of hydrogen-bond acceptors (Lipinski definition) is 4. The topological polar surface area (TPSA) is 53.7 Å². The van der Waals surface area contributed by atoms with Crippen LogP contribution in [0.1, 0.15) is 39.0 Å². The summed E-state index contributed by atoms with van der Waals surface area (Å²) in [4.78, 5) is 0. The molecule has 0 rings (SSSR count). The van der Waals surface area contributed by atoms with Crippen LogP contribution in [0.3, 0.4) is 0 Å². The van der Waals surface area contributed by atoms with Gasteiger partial charge in [-0.3, -0.25) is 0 Å². The first kappa shape index (κ1) is 24.7. The van der Waals surface area contributed by atoms with Gasteiger partial charge in [0.05, 0.1) is 5.67 Å². The van der Waals surface area contributed by atoms with E-state index in [1.807, 2.05) is 0 Å². The standard InChI is InChI=1S/C16H43NO3Si4/c1-11-12-13-14-15-16(17)24(18-21(2,3)4,19-22(5,6)7)20-23(8,9)10/h16H,11-15,17H2,1-10H3. The van der Waals surface area contributed by atoms with E-state index in [4.69, 9.17) is 18.1 Å². The van der Waals surface area contributed by atoms with E-state index in [0.29, 0.717) is 0 Å². The van der Waals surface area contributed by atoms with Crippen LogP contribution in [0.4, 0.5) is 0 Å². The van der Waals surface area contributed by atoms with Crippen LogP contribution in [0.2, 0.25) is 58.9 Å². The van der Waals surface area contributed by atoms with Gasteiger partial charge in [0.1, 0.15) is 0 Å². The molecular formula is C16H43NO3Si4. The Morgan fingerprint density at radius 1 is 0.667 bits per heavy atom. The van der Waals surface area contributed by atoms with Crippen LogP contribution < -0.4 is 5.73 Å². The summed E-state index contributed by atoms with van der Waals surface area (Å²) in [6.45, 7) is 22.1. The molecule has 0 radical (unpaired) electrons. The Morgan fingerprint density at radius 3 is 1.33 bits per heavy atom. The molecule has 24 heavy (non-hydrogen) atoms. The lowest BCUT2D eigenvalue weighted by atomic mass is 10.1. The van der Waals surface area contributed by atoms with Gasteiger partial charge in [-0.1, -0.05) is 32.6 Å². The maximum Gasteiger partial charge on any atom is 0.487 e. The fourth-order valence-corrected chi connectivity index (χ4v) is 16.8. The molecule has 0 fully saturated rings. The van der Waals surface area contributed by atoms with E-state index < -0.39 is 33.8 Å². The fraction of sp³-hybridized carbons (Fsp3) is 1.00. The molecule has 4 nitrogen and oxygen atoms in total. The molecule has 0 saturated heterocycles. The van der Waals surface area contributed by atoms with Gasteiger partial charge in [0, 0.05) is 0 Å². The zero-order chi connectivity index (χ0) is 19.2. The molecule has 0 aliphatic rings. The second-order valence-electron chi connectivity index (χ2n) is 9.70. The Bertz CT molecular complexity index is 321. The number of nitrogens with two attached hydrogens (primary N) is 1. The first-order valence-corrected chi connectivity index (χ1v) is 21.5. The Kier molecular flexibility index (Phi) is 9.87. The number of hydrogen-bond donors (Lipinski definition) is 1. The minimum Gasteiger partial charge on any atom is -0.416 e. The number of unbranched alkanes of at least 4 members (excludes halogenated alkanes) is 3. The van der Waals surface area contributed by atoms with E-state index in [2.05, 4.69) is 65.8 Å². The third-order valence-corrected chi connectivity index (χ3v) is 15.1. The average molecular weight is 410 g/mol. The molecule has 0 heterocycles. The second-order valence-corrected chi connectivity index (χ2v) is 26.8. The summed E-state index contributed by atoms with van der Waals surface area (Å²) in [7, 11) is -8.40. The summed E-state index contributed by atoms with van der Waals surface area (Å²) >= 11 is 0. The molecule has 0 amide bonds. The van der Waals surface area contributed by atoms with Crippen molar-refractivity contribution in [2.24, 2.45) is 5.73 Å². The van der Waals surface area contributed by atoms with Crippen molar-refractivity contribution >= 4 is 33.8 Å². The minimum atomic E-state index is -2.90. The molecule has 0 bridgehead atoms. The highest BCUT2D eigenvalue weighted by atomic mass is 28.5. The summed E-state index contributed by atoms with van der Waals surface area (Å²) in [5.74, 6) is 0. The van der Waals surface area contributed by atoms with Crippen LogP contribution in [-0.4, -0.2) is 39.4 Å². The molecule has 0 saturated carbocycles. The van der Waals surface area contributed by atoms with Gasteiger partial charge in [-0.2, -0.15) is 0 Å².